The molecule has 1 aromatic heterocycles. The van der Waals surface area contributed by atoms with E-state index in [1.165, 1.54) is 16.7 Å². The molecule has 0 unspecified atom stereocenters. The summed E-state index contributed by atoms with van der Waals surface area (Å²) in [7, 11) is -1.39. The molecule has 7 nitrogen and oxygen atoms in total. The normalized spacial score (nSPS) is 17.4. The second kappa shape index (κ2) is 9.15. The van der Waals surface area contributed by atoms with Crippen LogP contribution in [0, 0.1) is 0 Å². The minimum atomic E-state index is -3.04. The largest absolute Gasteiger partial charge is 0.341 e. The molecule has 0 N–H and O–H groups in total. The zero-order chi connectivity index (χ0) is 21.8. The summed E-state index contributed by atoms with van der Waals surface area (Å²) in [5.74, 6) is 0.135. The molecule has 4 rings (SSSR count). The van der Waals surface area contributed by atoms with Crippen LogP contribution < -0.4 is 0 Å². The van der Waals surface area contributed by atoms with Crippen LogP contribution in [0.3, 0.4) is 0 Å². The zero-order valence-electron chi connectivity index (χ0n) is 17.0. The quantitative estimate of drug-likeness (QED) is 0.529. The van der Waals surface area contributed by atoms with Gasteiger partial charge in [-0.2, -0.15) is 0 Å². The Balaban J connectivity index is 1.54. The molecule has 0 saturated carbocycles. The van der Waals surface area contributed by atoms with Gasteiger partial charge in [-0.05, 0) is 6.42 Å². The van der Waals surface area contributed by atoms with Gasteiger partial charge in [0.25, 0.3) is 0 Å². The first-order valence-electron chi connectivity index (χ1n) is 9.87. The van der Waals surface area contributed by atoms with Crippen LogP contribution in [0.25, 0.3) is 22.5 Å². The van der Waals surface area contributed by atoms with E-state index in [0.717, 1.165) is 11.1 Å². The van der Waals surface area contributed by atoms with E-state index in [0.29, 0.717) is 23.0 Å². The molecule has 1 aliphatic heterocycles. The van der Waals surface area contributed by atoms with E-state index < -0.39 is 9.84 Å². The third-order valence-electron chi connectivity index (χ3n) is 5.24. The maximum absolute atomic E-state index is 12.6. The van der Waals surface area contributed by atoms with E-state index >= 15 is 0 Å². The van der Waals surface area contributed by atoms with Crippen LogP contribution in [-0.2, 0) is 14.6 Å². The van der Waals surface area contributed by atoms with Gasteiger partial charge in [-0.25, -0.2) is 13.4 Å². The van der Waals surface area contributed by atoms with Gasteiger partial charge in [0.2, 0.25) is 11.1 Å². The summed E-state index contributed by atoms with van der Waals surface area (Å²) < 4.78 is 23.4. The maximum atomic E-state index is 12.6. The molecule has 9 heteroatoms. The third kappa shape index (κ3) is 5.11. The molecule has 0 spiro atoms. The third-order valence-corrected chi connectivity index (χ3v) is 7.81. The highest BCUT2D eigenvalue weighted by Crippen LogP contribution is 2.29. The van der Waals surface area contributed by atoms with Gasteiger partial charge in [0, 0.05) is 24.2 Å². The lowest BCUT2D eigenvalue weighted by Crippen LogP contribution is -2.38. The summed E-state index contributed by atoms with van der Waals surface area (Å²) in [6.07, 6.45) is 0.483. The highest BCUT2D eigenvalue weighted by Gasteiger charge is 2.32. The van der Waals surface area contributed by atoms with Crippen LogP contribution >= 0.6 is 11.8 Å². The maximum Gasteiger partial charge on any atom is 0.233 e. The van der Waals surface area contributed by atoms with E-state index in [9.17, 15) is 13.2 Å². The summed E-state index contributed by atoms with van der Waals surface area (Å²) in [6.45, 7) is 0. The number of benzene rings is 2. The first-order chi connectivity index (χ1) is 14.9. The second-order valence-electron chi connectivity index (χ2n) is 7.37. The number of amides is 1. The molecule has 1 fully saturated rings. The fourth-order valence-corrected chi connectivity index (χ4v) is 5.96. The van der Waals surface area contributed by atoms with Gasteiger partial charge in [-0.3, -0.25) is 4.79 Å². The number of thioether (sulfide) groups is 1. The van der Waals surface area contributed by atoms with Crippen molar-refractivity contribution in [2.24, 2.45) is 0 Å². The van der Waals surface area contributed by atoms with Crippen molar-refractivity contribution in [2.45, 2.75) is 17.6 Å². The molecule has 0 aliphatic carbocycles. The van der Waals surface area contributed by atoms with Crippen molar-refractivity contribution in [3.8, 4) is 22.5 Å². The summed E-state index contributed by atoms with van der Waals surface area (Å²) in [4.78, 5) is 18.8. The van der Waals surface area contributed by atoms with Crippen LogP contribution in [0.1, 0.15) is 6.42 Å². The number of hydrogen-bond acceptors (Lipinski definition) is 7. The van der Waals surface area contributed by atoms with Crippen molar-refractivity contribution >= 4 is 27.5 Å². The molecular weight excluding hydrogens is 432 g/mol. The number of aromatic nitrogens is 3. The van der Waals surface area contributed by atoms with Gasteiger partial charge in [0.05, 0.1) is 17.3 Å². The number of nitrogens with zero attached hydrogens (tertiary/aromatic N) is 4. The number of rotatable bonds is 6. The Morgan fingerprint density at radius 2 is 1.61 bits per heavy atom. The Bertz CT molecular complexity index is 1170. The van der Waals surface area contributed by atoms with Crippen molar-refractivity contribution in [1.82, 2.24) is 20.1 Å². The van der Waals surface area contributed by atoms with Crippen LogP contribution in [0.4, 0.5) is 0 Å². The lowest BCUT2D eigenvalue weighted by molar-refractivity contribution is -0.128. The van der Waals surface area contributed by atoms with E-state index in [4.69, 9.17) is 4.98 Å². The van der Waals surface area contributed by atoms with Gasteiger partial charge in [0.1, 0.15) is 11.4 Å². The zero-order valence-corrected chi connectivity index (χ0v) is 18.6. The Kier molecular flexibility index (Phi) is 6.33. The smallest absolute Gasteiger partial charge is 0.233 e. The molecule has 2 aromatic carbocycles. The first kappa shape index (κ1) is 21.5. The molecule has 31 heavy (non-hydrogen) atoms. The van der Waals surface area contributed by atoms with Crippen molar-refractivity contribution in [1.29, 1.82) is 0 Å². The Morgan fingerprint density at radius 1 is 1.00 bits per heavy atom. The Hall–Kier alpha value is -2.78. The Labute approximate surface area is 185 Å². The highest BCUT2D eigenvalue weighted by molar-refractivity contribution is 7.99. The van der Waals surface area contributed by atoms with Crippen LogP contribution in [0.5, 0.6) is 0 Å². The van der Waals surface area contributed by atoms with Gasteiger partial charge < -0.3 is 4.90 Å². The number of hydrogen-bond donors (Lipinski definition) is 0. The van der Waals surface area contributed by atoms with Gasteiger partial charge in [-0.15, -0.1) is 10.2 Å². The summed E-state index contributed by atoms with van der Waals surface area (Å²) in [5.41, 5.74) is 3.21. The molecule has 1 saturated heterocycles. The number of carbonyl (C=O) groups is 1. The molecule has 1 amide bonds. The van der Waals surface area contributed by atoms with Crippen LogP contribution in [0.2, 0.25) is 0 Å². The molecule has 160 valence electrons. The van der Waals surface area contributed by atoms with E-state index in [2.05, 4.69) is 10.2 Å². The predicted molar refractivity (Wildman–Crippen MR) is 121 cm³/mol. The molecule has 1 aliphatic rings. The highest BCUT2D eigenvalue weighted by atomic mass is 32.2. The summed E-state index contributed by atoms with van der Waals surface area (Å²) >= 11 is 1.20. The minimum absolute atomic E-state index is 0.0297. The van der Waals surface area contributed by atoms with E-state index in [1.807, 2.05) is 60.7 Å². The van der Waals surface area contributed by atoms with Gasteiger partial charge in [0.15, 0.2) is 9.84 Å². The summed E-state index contributed by atoms with van der Waals surface area (Å²) in [6, 6.07) is 19.2. The topological polar surface area (TPSA) is 93.1 Å². The van der Waals surface area contributed by atoms with Crippen LogP contribution in [0.15, 0.2) is 65.8 Å². The van der Waals surface area contributed by atoms with Crippen molar-refractivity contribution in [3.05, 3.63) is 60.7 Å². The predicted octanol–water partition coefficient (Wildman–Crippen LogP) is 2.94. The summed E-state index contributed by atoms with van der Waals surface area (Å²) in [5, 5.41) is 9.04. The molecule has 0 radical (unpaired) electrons. The number of sulfone groups is 1. The molecular formula is C22H22N4O3S2. The fourth-order valence-electron chi connectivity index (χ4n) is 3.47. The SMILES string of the molecule is CN(C(=O)CSc1nnc(-c2ccccc2)c(-c2ccccc2)n1)[C@@H]1CCS(=O)(=O)C1. The van der Waals surface area contributed by atoms with Crippen LogP contribution in [-0.4, -0.2) is 64.8 Å². The first-order valence-corrected chi connectivity index (χ1v) is 12.7. The van der Waals surface area contributed by atoms with E-state index in [-0.39, 0.29) is 29.2 Å². The second-order valence-corrected chi connectivity index (χ2v) is 10.5. The average Bonchev–Trinajstić information content (AvgIpc) is 3.17. The Morgan fingerprint density at radius 3 is 2.19 bits per heavy atom. The molecule has 1 atom stereocenters. The lowest BCUT2D eigenvalue weighted by atomic mass is 10.0. The van der Waals surface area contributed by atoms with Crippen molar-refractivity contribution in [2.75, 3.05) is 24.3 Å². The lowest BCUT2D eigenvalue weighted by Gasteiger charge is -2.23. The minimum Gasteiger partial charge on any atom is -0.341 e. The molecule has 0 bridgehead atoms. The monoisotopic (exact) mass is 454 g/mol. The standard InChI is InChI=1S/C22H22N4O3S2/c1-26(18-12-13-31(28,29)15-18)19(27)14-30-22-23-20(16-8-4-2-5-9-16)21(24-25-22)17-10-6-3-7-11-17/h2-11,18H,12-15H2,1H3/t18-/m1/s1. The average molecular weight is 455 g/mol. The fraction of sp³-hybridized carbons (Fsp3) is 0.273. The van der Waals surface area contributed by atoms with Crippen molar-refractivity contribution in [3.63, 3.8) is 0 Å². The van der Waals surface area contributed by atoms with Gasteiger partial charge in [-0.1, -0.05) is 72.4 Å². The van der Waals surface area contributed by atoms with Gasteiger partial charge >= 0.3 is 0 Å². The molecule has 2 heterocycles. The number of carbonyl (C=O) groups excluding carboxylic acids is 1. The van der Waals surface area contributed by atoms with E-state index in [1.54, 1.807) is 7.05 Å². The van der Waals surface area contributed by atoms with Crippen molar-refractivity contribution < 1.29 is 13.2 Å². The molecule has 3 aromatic rings.